The van der Waals surface area contributed by atoms with Crippen LogP contribution in [0, 0.1) is 5.82 Å². The van der Waals surface area contributed by atoms with Gasteiger partial charge in [0.25, 0.3) is 0 Å². The zero-order chi connectivity index (χ0) is 28.5. The van der Waals surface area contributed by atoms with E-state index in [1.807, 2.05) is 12.1 Å². The molecule has 0 radical (unpaired) electrons. The van der Waals surface area contributed by atoms with Crippen LogP contribution < -0.4 is 10.2 Å². The Morgan fingerprint density at radius 2 is 1.75 bits per heavy atom. The van der Waals surface area contributed by atoms with E-state index in [0.29, 0.717) is 0 Å². The molecule has 214 valence electrons. The summed E-state index contributed by atoms with van der Waals surface area (Å²) in [5.74, 6) is 1.56. The summed E-state index contributed by atoms with van der Waals surface area (Å²) in [6.45, 7) is 17.4. The smallest absolute Gasteiger partial charge is 0.192 e. The number of aryl methyl sites for hydroxylation is 1. The van der Waals surface area contributed by atoms with Gasteiger partial charge in [-0.1, -0.05) is 45.0 Å². The summed E-state index contributed by atoms with van der Waals surface area (Å²) < 4.78 is 20.2. The molecule has 1 aromatic heterocycles. The van der Waals surface area contributed by atoms with Gasteiger partial charge in [-0.2, -0.15) is 0 Å². The molecule has 0 saturated carbocycles. The highest BCUT2D eigenvalue weighted by Gasteiger charge is 2.40. The van der Waals surface area contributed by atoms with Crippen molar-refractivity contribution in [3.05, 3.63) is 77.4 Å². The molecule has 0 amide bonds. The van der Waals surface area contributed by atoms with Crippen molar-refractivity contribution in [3.63, 3.8) is 0 Å². The number of nitrogens with zero attached hydrogens (tertiary/aromatic N) is 4. The van der Waals surface area contributed by atoms with Gasteiger partial charge in [0.15, 0.2) is 8.32 Å². The Hall–Kier alpha value is -2.81. The topological polar surface area (TPSA) is 53.5 Å². The lowest BCUT2D eigenvalue weighted by atomic mass is 9.88. The second-order valence-corrected chi connectivity index (χ2v) is 17.6. The van der Waals surface area contributed by atoms with Gasteiger partial charge in [0, 0.05) is 50.1 Å². The molecule has 1 aliphatic heterocycles. The van der Waals surface area contributed by atoms with E-state index in [1.54, 1.807) is 18.5 Å². The predicted octanol–water partition coefficient (Wildman–Crippen LogP) is 7.12. The van der Waals surface area contributed by atoms with Crippen LogP contribution in [0.2, 0.25) is 18.1 Å². The highest BCUT2D eigenvalue weighted by Crippen LogP contribution is 2.40. The zero-order valence-corrected chi connectivity index (χ0v) is 25.9. The fourth-order valence-corrected chi connectivity index (χ4v) is 6.97. The average molecular weight is 562 g/mol. The van der Waals surface area contributed by atoms with Gasteiger partial charge in [0.2, 0.25) is 0 Å². The van der Waals surface area contributed by atoms with E-state index in [1.165, 1.54) is 11.1 Å². The SMILES string of the molecule is C[C@@H](c1ccc(F)cc1)N1CCN(c2cc(Nc3cccc4c3C[C@H](O[Si](C)(C)C(C)(C)C)CC4)ncn2)CC1. The van der Waals surface area contributed by atoms with Gasteiger partial charge in [-0.25, -0.2) is 14.4 Å². The molecule has 1 N–H and O–H groups in total. The molecule has 6 nitrogen and oxygen atoms in total. The molecule has 8 heteroatoms. The maximum atomic E-state index is 13.4. The molecular weight excluding hydrogens is 517 g/mol. The van der Waals surface area contributed by atoms with Crippen LogP contribution in [0.15, 0.2) is 54.9 Å². The Balaban J connectivity index is 1.24. The number of halogens is 1. The summed E-state index contributed by atoms with van der Waals surface area (Å²) in [5.41, 5.74) is 5.01. The highest BCUT2D eigenvalue weighted by atomic mass is 28.4. The van der Waals surface area contributed by atoms with Gasteiger partial charge in [-0.3, -0.25) is 4.90 Å². The predicted molar refractivity (Wildman–Crippen MR) is 164 cm³/mol. The Bertz CT molecular complexity index is 1300. The minimum absolute atomic E-state index is 0.191. The average Bonchev–Trinajstić information content (AvgIpc) is 2.93. The van der Waals surface area contributed by atoms with E-state index >= 15 is 0 Å². The number of hydrogen-bond acceptors (Lipinski definition) is 6. The van der Waals surface area contributed by atoms with Crippen molar-refractivity contribution in [2.75, 3.05) is 36.4 Å². The first-order chi connectivity index (χ1) is 19.0. The minimum atomic E-state index is -1.83. The second-order valence-electron chi connectivity index (χ2n) is 12.8. The van der Waals surface area contributed by atoms with Gasteiger partial charge < -0.3 is 14.6 Å². The first-order valence-electron chi connectivity index (χ1n) is 14.6. The quantitative estimate of drug-likeness (QED) is 0.310. The van der Waals surface area contributed by atoms with E-state index in [-0.39, 0.29) is 23.0 Å². The van der Waals surface area contributed by atoms with Gasteiger partial charge in [0.05, 0.1) is 0 Å². The number of anilines is 3. The van der Waals surface area contributed by atoms with Gasteiger partial charge in [-0.15, -0.1) is 0 Å². The third-order valence-electron chi connectivity index (χ3n) is 9.16. The molecule has 0 unspecified atom stereocenters. The number of rotatable bonds is 7. The Morgan fingerprint density at radius 3 is 2.45 bits per heavy atom. The highest BCUT2D eigenvalue weighted by molar-refractivity contribution is 6.74. The summed E-state index contributed by atoms with van der Waals surface area (Å²) in [6.07, 6.45) is 4.96. The maximum absolute atomic E-state index is 13.4. The van der Waals surface area contributed by atoms with Crippen molar-refractivity contribution >= 4 is 25.6 Å². The van der Waals surface area contributed by atoms with E-state index in [9.17, 15) is 4.39 Å². The van der Waals surface area contributed by atoms with Crippen molar-refractivity contribution in [2.45, 2.75) is 77.2 Å². The fraction of sp³-hybridized carbons (Fsp3) is 0.500. The van der Waals surface area contributed by atoms with Crippen molar-refractivity contribution < 1.29 is 8.82 Å². The van der Waals surface area contributed by atoms with Crippen LogP contribution in [0.5, 0.6) is 0 Å². The summed E-state index contributed by atoms with van der Waals surface area (Å²) in [4.78, 5) is 13.9. The van der Waals surface area contributed by atoms with Gasteiger partial charge in [-0.05, 0) is 79.2 Å². The molecule has 2 heterocycles. The van der Waals surface area contributed by atoms with Crippen molar-refractivity contribution in [1.82, 2.24) is 14.9 Å². The molecule has 0 bridgehead atoms. The Labute approximate surface area is 240 Å². The summed E-state index contributed by atoms with van der Waals surface area (Å²) in [7, 11) is -1.83. The Kier molecular flexibility index (Phi) is 8.31. The molecule has 2 atom stereocenters. The fourth-order valence-electron chi connectivity index (χ4n) is 5.58. The first-order valence-corrected chi connectivity index (χ1v) is 17.5. The summed E-state index contributed by atoms with van der Waals surface area (Å²) in [5, 5.41) is 3.82. The monoisotopic (exact) mass is 561 g/mol. The van der Waals surface area contributed by atoms with Gasteiger partial charge >= 0.3 is 0 Å². The van der Waals surface area contributed by atoms with Crippen LogP contribution in [-0.4, -0.2) is 55.5 Å². The van der Waals surface area contributed by atoms with Crippen molar-refractivity contribution in [3.8, 4) is 0 Å². The van der Waals surface area contributed by atoms with E-state index in [0.717, 1.165) is 68.3 Å². The lowest BCUT2D eigenvalue weighted by Crippen LogP contribution is -2.47. The van der Waals surface area contributed by atoms with Gasteiger partial charge in [0.1, 0.15) is 23.8 Å². The largest absolute Gasteiger partial charge is 0.414 e. The lowest BCUT2D eigenvalue weighted by molar-refractivity contribution is 0.165. The molecule has 2 aromatic carbocycles. The van der Waals surface area contributed by atoms with E-state index in [2.05, 4.69) is 90.1 Å². The van der Waals surface area contributed by atoms with Crippen LogP contribution in [0.4, 0.5) is 21.7 Å². The normalized spacial score (nSPS) is 19.3. The standard InChI is InChI=1S/C32H44FN5OSi/c1-23(24-10-13-26(33)14-11-24)37-16-18-38(19-17-37)31-21-30(34-22-35-31)36-29-9-7-8-25-12-15-27(20-28(25)29)39-40(5,6)32(2,3)4/h7-11,13-14,21-23,27H,12,15-20H2,1-6H3,(H,34,35,36)/t23-,27+/m0/s1. The molecule has 1 saturated heterocycles. The summed E-state index contributed by atoms with van der Waals surface area (Å²) in [6, 6.07) is 15.7. The van der Waals surface area contributed by atoms with Crippen LogP contribution in [0.1, 0.15) is 56.8 Å². The van der Waals surface area contributed by atoms with E-state index in [4.69, 9.17) is 4.43 Å². The molecular formula is C32H44FN5OSi. The Morgan fingerprint density at radius 1 is 1.02 bits per heavy atom. The molecule has 0 spiro atoms. The molecule has 3 aromatic rings. The second kappa shape index (κ2) is 11.6. The summed E-state index contributed by atoms with van der Waals surface area (Å²) >= 11 is 0. The number of piperazine rings is 1. The number of fused-ring (bicyclic) bond motifs is 1. The molecule has 40 heavy (non-hydrogen) atoms. The first kappa shape index (κ1) is 28.7. The molecule has 5 rings (SSSR count). The van der Waals surface area contributed by atoms with Crippen LogP contribution in [-0.2, 0) is 17.3 Å². The molecule has 1 aliphatic carbocycles. The minimum Gasteiger partial charge on any atom is -0.414 e. The van der Waals surface area contributed by atoms with Crippen LogP contribution >= 0.6 is 0 Å². The zero-order valence-electron chi connectivity index (χ0n) is 24.9. The molecule has 1 fully saturated rings. The van der Waals surface area contributed by atoms with Crippen LogP contribution in [0.25, 0.3) is 0 Å². The number of benzene rings is 2. The third kappa shape index (κ3) is 6.40. The maximum Gasteiger partial charge on any atom is 0.192 e. The molecule has 2 aliphatic rings. The van der Waals surface area contributed by atoms with Crippen molar-refractivity contribution in [1.29, 1.82) is 0 Å². The third-order valence-corrected chi connectivity index (χ3v) is 13.7. The number of aromatic nitrogens is 2. The number of nitrogens with one attached hydrogen (secondary N) is 1. The number of hydrogen-bond donors (Lipinski definition) is 1. The van der Waals surface area contributed by atoms with Crippen LogP contribution in [0.3, 0.4) is 0 Å². The van der Waals surface area contributed by atoms with Crippen molar-refractivity contribution in [2.24, 2.45) is 0 Å². The lowest BCUT2D eigenvalue weighted by Gasteiger charge is -2.40. The van der Waals surface area contributed by atoms with E-state index < -0.39 is 8.32 Å².